The first-order valence-corrected chi connectivity index (χ1v) is 7.20. The van der Waals surface area contributed by atoms with Gasteiger partial charge in [-0.2, -0.15) is 0 Å². The highest BCUT2D eigenvalue weighted by Crippen LogP contribution is 2.24. The van der Waals surface area contributed by atoms with Crippen LogP contribution in [0.15, 0.2) is 54.1 Å². The van der Waals surface area contributed by atoms with Crippen molar-refractivity contribution in [3.8, 4) is 0 Å². The zero-order chi connectivity index (χ0) is 17.3. The van der Waals surface area contributed by atoms with Crippen LogP contribution in [0.2, 0.25) is 0 Å². The maximum Gasteiger partial charge on any atom is 0.335 e. The molecule has 0 aromatic heterocycles. The lowest BCUT2D eigenvalue weighted by atomic mass is 10.1. The summed E-state index contributed by atoms with van der Waals surface area (Å²) < 4.78 is 13.0. The predicted octanol–water partition coefficient (Wildman–Crippen LogP) is 2.80. The van der Waals surface area contributed by atoms with Crippen molar-refractivity contribution in [2.75, 3.05) is 4.90 Å². The van der Waals surface area contributed by atoms with Crippen LogP contribution in [0.1, 0.15) is 11.1 Å². The van der Waals surface area contributed by atoms with Gasteiger partial charge in [0.15, 0.2) is 0 Å². The van der Waals surface area contributed by atoms with Crippen LogP contribution in [0.4, 0.5) is 14.9 Å². The molecule has 0 saturated carbocycles. The maximum atomic E-state index is 13.0. The van der Waals surface area contributed by atoms with Crippen molar-refractivity contribution in [3.63, 3.8) is 0 Å². The summed E-state index contributed by atoms with van der Waals surface area (Å²) in [6, 6.07) is 11.4. The number of nitrogens with zero attached hydrogens (tertiary/aromatic N) is 1. The minimum Gasteiger partial charge on any atom is -0.273 e. The lowest BCUT2D eigenvalue weighted by Crippen LogP contribution is -2.54. The number of aryl methyl sites for hydroxylation is 1. The summed E-state index contributed by atoms with van der Waals surface area (Å²) in [6.45, 7) is 1.76. The molecule has 1 saturated heterocycles. The van der Waals surface area contributed by atoms with Gasteiger partial charge in [0.05, 0.1) is 5.69 Å². The molecule has 0 atom stereocenters. The molecule has 0 radical (unpaired) electrons. The minimum atomic E-state index is -0.796. The zero-order valence-corrected chi connectivity index (χ0v) is 12.7. The molecule has 0 aliphatic carbocycles. The van der Waals surface area contributed by atoms with E-state index >= 15 is 0 Å². The summed E-state index contributed by atoms with van der Waals surface area (Å²) in [6.07, 6.45) is 1.33. The first-order valence-electron chi connectivity index (χ1n) is 7.20. The van der Waals surface area contributed by atoms with Gasteiger partial charge in [-0.15, -0.1) is 0 Å². The van der Waals surface area contributed by atoms with Crippen molar-refractivity contribution >= 4 is 29.6 Å². The smallest absolute Gasteiger partial charge is 0.273 e. The number of amides is 4. The Bertz CT molecular complexity index is 872. The van der Waals surface area contributed by atoms with Gasteiger partial charge in [-0.25, -0.2) is 14.1 Å². The number of benzene rings is 2. The van der Waals surface area contributed by atoms with E-state index < -0.39 is 23.7 Å². The molecule has 120 valence electrons. The van der Waals surface area contributed by atoms with Crippen LogP contribution in [0, 0.1) is 12.7 Å². The van der Waals surface area contributed by atoms with Crippen LogP contribution in [-0.2, 0) is 9.59 Å². The van der Waals surface area contributed by atoms with Crippen LogP contribution in [0.25, 0.3) is 6.08 Å². The van der Waals surface area contributed by atoms with Gasteiger partial charge in [0.25, 0.3) is 11.8 Å². The number of hydrogen-bond donors (Lipinski definition) is 1. The van der Waals surface area contributed by atoms with E-state index in [-0.39, 0.29) is 5.57 Å². The van der Waals surface area contributed by atoms with Gasteiger partial charge in [0, 0.05) is 0 Å². The number of carbonyl (C=O) groups is 3. The monoisotopic (exact) mass is 324 g/mol. The van der Waals surface area contributed by atoms with Crippen molar-refractivity contribution in [2.45, 2.75) is 6.92 Å². The SMILES string of the molecule is Cc1ccccc1N1C(=O)NC(=O)/C(=C\c2ccc(F)cc2)C1=O. The second-order valence-corrected chi connectivity index (χ2v) is 5.30. The Labute approximate surface area is 137 Å². The Morgan fingerprint density at radius 2 is 1.67 bits per heavy atom. The number of para-hydroxylation sites is 1. The number of imide groups is 2. The highest BCUT2D eigenvalue weighted by atomic mass is 19.1. The number of halogens is 1. The third-order valence-corrected chi connectivity index (χ3v) is 3.64. The van der Waals surface area contributed by atoms with Gasteiger partial charge in [-0.05, 0) is 42.3 Å². The molecule has 24 heavy (non-hydrogen) atoms. The zero-order valence-electron chi connectivity index (χ0n) is 12.7. The molecule has 2 aromatic rings. The fourth-order valence-electron chi connectivity index (χ4n) is 2.42. The number of urea groups is 1. The normalized spacial score (nSPS) is 16.5. The summed E-state index contributed by atoms with van der Waals surface area (Å²) in [5.74, 6) is -1.92. The van der Waals surface area contributed by atoms with Gasteiger partial charge in [0.2, 0.25) is 0 Å². The van der Waals surface area contributed by atoms with E-state index in [2.05, 4.69) is 5.32 Å². The van der Waals surface area contributed by atoms with E-state index in [0.29, 0.717) is 11.3 Å². The minimum absolute atomic E-state index is 0.190. The highest BCUT2D eigenvalue weighted by Gasteiger charge is 2.37. The molecule has 1 heterocycles. The van der Waals surface area contributed by atoms with Gasteiger partial charge < -0.3 is 0 Å². The van der Waals surface area contributed by atoms with Crippen LogP contribution in [0.5, 0.6) is 0 Å². The molecule has 4 amide bonds. The molecule has 1 N–H and O–H groups in total. The second-order valence-electron chi connectivity index (χ2n) is 5.30. The van der Waals surface area contributed by atoms with Crippen molar-refractivity contribution in [3.05, 3.63) is 71.0 Å². The third-order valence-electron chi connectivity index (χ3n) is 3.64. The predicted molar refractivity (Wildman–Crippen MR) is 86.6 cm³/mol. The van der Waals surface area contributed by atoms with Crippen LogP contribution in [0.3, 0.4) is 0 Å². The van der Waals surface area contributed by atoms with E-state index in [4.69, 9.17) is 0 Å². The molecule has 3 rings (SSSR count). The summed E-state index contributed by atoms with van der Waals surface area (Å²) in [7, 11) is 0. The summed E-state index contributed by atoms with van der Waals surface area (Å²) in [4.78, 5) is 37.7. The quantitative estimate of drug-likeness (QED) is 0.682. The molecular weight excluding hydrogens is 311 g/mol. The lowest BCUT2D eigenvalue weighted by molar-refractivity contribution is -0.122. The first-order chi connectivity index (χ1) is 11.5. The fraction of sp³-hybridized carbons (Fsp3) is 0.0556. The Hall–Kier alpha value is -3.28. The topological polar surface area (TPSA) is 66.5 Å². The Morgan fingerprint density at radius 3 is 2.33 bits per heavy atom. The lowest BCUT2D eigenvalue weighted by Gasteiger charge is -2.27. The molecule has 0 spiro atoms. The molecule has 1 aliphatic heterocycles. The standard InChI is InChI=1S/C18H13FN2O3/c1-11-4-2-3-5-15(11)21-17(23)14(16(22)20-18(21)24)10-12-6-8-13(19)9-7-12/h2-10H,1H3,(H,20,22,24)/b14-10+. The summed E-state index contributed by atoms with van der Waals surface area (Å²) >= 11 is 0. The molecule has 6 heteroatoms. The van der Waals surface area contributed by atoms with Crippen LogP contribution in [-0.4, -0.2) is 17.8 Å². The number of barbiturate groups is 1. The second kappa shape index (κ2) is 6.08. The van der Waals surface area contributed by atoms with Crippen molar-refractivity contribution in [2.24, 2.45) is 0 Å². The molecule has 5 nitrogen and oxygen atoms in total. The van der Waals surface area contributed by atoms with E-state index in [1.807, 2.05) is 0 Å². The van der Waals surface area contributed by atoms with Gasteiger partial charge in [-0.1, -0.05) is 30.3 Å². The number of carbonyl (C=O) groups excluding carboxylic acids is 3. The van der Waals surface area contributed by atoms with Crippen molar-refractivity contribution < 1.29 is 18.8 Å². The van der Waals surface area contributed by atoms with Crippen LogP contribution < -0.4 is 10.2 Å². The average molecular weight is 324 g/mol. The summed E-state index contributed by atoms with van der Waals surface area (Å²) in [5, 5.41) is 2.15. The van der Waals surface area contributed by atoms with Crippen LogP contribution >= 0.6 is 0 Å². The number of rotatable bonds is 2. The van der Waals surface area contributed by atoms with Crippen molar-refractivity contribution in [1.29, 1.82) is 0 Å². The molecular formula is C18H13FN2O3. The molecule has 1 fully saturated rings. The van der Waals surface area contributed by atoms with E-state index in [0.717, 1.165) is 10.5 Å². The third kappa shape index (κ3) is 2.81. The molecule has 0 unspecified atom stereocenters. The van der Waals surface area contributed by atoms with Gasteiger partial charge in [-0.3, -0.25) is 14.9 Å². The number of anilines is 1. The van der Waals surface area contributed by atoms with Gasteiger partial charge in [0.1, 0.15) is 11.4 Å². The first kappa shape index (κ1) is 15.6. The van der Waals surface area contributed by atoms with Crippen molar-refractivity contribution in [1.82, 2.24) is 5.32 Å². The molecule has 0 bridgehead atoms. The van der Waals surface area contributed by atoms with E-state index in [9.17, 15) is 18.8 Å². The maximum absolute atomic E-state index is 13.0. The van der Waals surface area contributed by atoms with E-state index in [1.54, 1.807) is 31.2 Å². The summed E-state index contributed by atoms with van der Waals surface area (Å²) in [5.41, 5.74) is 1.41. The average Bonchev–Trinajstić information content (AvgIpc) is 2.55. The Morgan fingerprint density at radius 1 is 1.00 bits per heavy atom. The Balaban J connectivity index is 2.03. The highest BCUT2D eigenvalue weighted by molar-refractivity contribution is 6.39. The number of nitrogens with one attached hydrogen (secondary N) is 1. The molecule has 1 aliphatic rings. The fourth-order valence-corrected chi connectivity index (χ4v) is 2.42. The van der Waals surface area contributed by atoms with Gasteiger partial charge >= 0.3 is 6.03 Å². The van der Waals surface area contributed by atoms with E-state index in [1.165, 1.54) is 30.3 Å². The number of hydrogen-bond acceptors (Lipinski definition) is 3. The molecule has 2 aromatic carbocycles. The Kier molecular flexibility index (Phi) is 3.95. The largest absolute Gasteiger partial charge is 0.335 e.